The van der Waals surface area contributed by atoms with Crippen LogP contribution < -0.4 is 5.32 Å². The summed E-state index contributed by atoms with van der Waals surface area (Å²) in [6.07, 6.45) is 3.40. The quantitative estimate of drug-likeness (QED) is 0.874. The number of nitriles is 1. The predicted molar refractivity (Wildman–Crippen MR) is 66.4 cm³/mol. The summed E-state index contributed by atoms with van der Waals surface area (Å²) in [6, 6.07) is 9.78. The molecule has 0 saturated carbocycles. The lowest BCUT2D eigenvalue weighted by molar-refractivity contribution is 0.798. The van der Waals surface area contributed by atoms with Crippen molar-refractivity contribution < 1.29 is 0 Å². The number of aromatic nitrogens is 2. The lowest BCUT2D eigenvalue weighted by Gasteiger charge is -2.15. The van der Waals surface area contributed by atoms with E-state index in [2.05, 4.69) is 16.4 Å². The molecule has 0 saturated heterocycles. The molecule has 2 rings (SSSR count). The lowest BCUT2D eigenvalue weighted by atomic mass is 10.1. The smallest absolute Gasteiger partial charge is 0.156 e. The molecule has 1 aromatic heterocycles. The molecule has 0 amide bonds. The highest BCUT2D eigenvalue weighted by Gasteiger charge is 2.14. The Morgan fingerprint density at radius 3 is 2.76 bits per heavy atom. The van der Waals surface area contributed by atoms with Crippen molar-refractivity contribution in [3.8, 4) is 6.07 Å². The Morgan fingerprint density at radius 1 is 1.41 bits per heavy atom. The third-order valence-electron chi connectivity index (χ3n) is 2.72. The van der Waals surface area contributed by atoms with E-state index in [0.29, 0.717) is 0 Å². The van der Waals surface area contributed by atoms with Gasteiger partial charge in [0, 0.05) is 12.7 Å². The minimum absolute atomic E-state index is 0.386. The topological polar surface area (TPSA) is 53.6 Å². The van der Waals surface area contributed by atoms with E-state index in [1.165, 1.54) is 0 Å². The summed E-state index contributed by atoms with van der Waals surface area (Å²) in [4.78, 5) is 4.03. The fourth-order valence-electron chi connectivity index (χ4n) is 1.71. The van der Waals surface area contributed by atoms with E-state index in [1.807, 2.05) is 42.8 Å². The molecule has 0 aliphatic carbocycles. The Balaban J connectivity index is 2.26. The van der Waals surface area contributed by atoms with E-state index in [4.69, 9.17) is 0 Å². The first kappa shape index (κ1) is 11.2. The van der Waals surface area contributed by atoms with Gasteiger partial charge in [0.05, 0.1) is 24.3 Å². The van der Waals surface area contributed by atoms with Crippen LogP contribution in [0.25, 0.3) is 0 Å². The number of rotatable bonds is 3. The van der Waals surface area contributed by atoms with Gasteiger partial charge in [-0.3, -0.25) is 0 Å². The van der Waals surface area contributed by atoms with Crippen molar-refractivity contribution in [1.29, 1.82) is 5.26 Å². The predicted octanol–water partition coefficient (Wildman–Crippen LogP) is 2.41. The van der Waals surface area contributed by atoms with Crippen molar-refractivity contribution in [2.24, 2.45) is 7.05 Å². The second kappa shape index (κ2) is 4.71. The van der Waals surface area contributed by atoms with Gasteiger partial charge in [-0.2, -0.15) is 5.26 Å². The average molecular weight is 226 g/mol. The molecule has 2 aromatic rings. The molecule has 0 fully saturated rings. The number of nitrogens with one attached hydrogen (secondary N) is 1. The van der Waals surface area contributed by atoms with Crippen molar-refractivity contribution in [3.63, 3.8) is 0 Å². The van der Waals surface area contributed by atoms with E-state index in [0.717, 1.165) is 16.9 Å². The molecule has 4 nitrogen and oxygen atoms in total. The number of anilines is 1. The SMILES string of the molecule is Cc1ccccc1NC(C#N)c1cncn1C. The molecule has 17 heavy (non-hydrogen) atoms. The zero-order valence-corrected chi connectivity index (χ0v) is 9.88. The molecule has 1 heterocycles. The standard InChI is InChI=1S/C13H14N4/c1-10-5-3-4-6-11(10)16-12(7-14)13-8-15-9-17(13)2/h3-6,8-9,12,16H,1-2H3. The summed E-state index contributed by atoms with van der Waals surface area (Å²) in [7, 11) is 1.88. The van der Waals surface area contributed by atoms with Gasteiger partial charge < -0.3 is 9.88 Å². The van der Waals surface area contributed by atoms with Gasteiger partial charge in [-0.1, -0.05) is 18.2 Å². The van der Waals surface area contributed by atoms with Crippen LogP contribution in [-0.2, 0) is 7.05 Å². The molecular weight excluding hydrogens is 212 g/mol. The first-order valence-corrected chi connectivity index (χ1v) is 5.40. The zero-order valence-electron chi connectivity index (χ0n) is 9.88. The maximum absolute atomic E-state index is 9.22. The van der Waals surface area contributed by atoms with Crippen molar-refractivity contribution in [2.45, 2.75) is 13.0 Å². The Hall–Kier alpha value is -2.28. The van der Waals surface area contributed by atoms with E-state index in [-0.39, 0.29) is 6.04 Å². The first-order valence-electron chi connectivity index (χ1n) is 5.40. The van der Waals surface area contributed by atoms with Crippen LogP contribution in [-0.4, -0.2) is 9.55 Å². The molecule has 0 spiro atoms. The maximum Gasteiger partial charge on any atom is 0.156 e. The third kappa shape index (κ3) is 2.28. The van der Waals surface area contributed by atoms with Crippen molar-refractivity contribution in [1.82, 2.24) is 9.55 Å². The Bertz CT molecular complexity index is 551. The Morgan fingerprint density at radius 2 is 2.18 bits per heavy atom. The van der Waals surface area contributed by atoms with Crippen LogP contribution in [0, 0.1) is 18.3 Å². The number of hydrogen-bond acceptors (Lipinski definition) is 3. The molecule has 0 aliphatic heterocycles. The normalized spacial score (nSPS) is 11.8. The van der Waals surface area contributed by atoms with E-state index in [1.54, 1.807) is 12.5 Å². The fourth-order valence-corrected chi connectivity index (χ4v) is 1.71. The second-order valence-corrected chi connectivity index (χ2v) is 3.95. The molecule has 1 unspecified atom stereocenters. The van der Waals surface area contributed by atoms with Crippen molar-refractivity contribution >= 4 is 5.69 Å². The molecule has 86 valence electrons. The van der Waals surface area contributed by atoms with Crippen molar-refractivity contribution in [2.75, 3.05) is 5.32 Å². The summed E-state index contributed by atoms with van der Waals surface area (Å²) in [5.74, 6) is 0. The highest BCUT2D eigenvalue weighted by atomic mass is 15.1. The van der Waals surface area contributed by atoms with Crippen LogP contribution in [0.1, 0.15) is 17.3 Å². The van der Waals surface area contributed by atoms with Crippen LogP contribution in [0.15, 0.2) is 36.8 Å². The summed E-state index contributed by atoms with van der Waals surface area (Å²) >= 11 is 0. The molecule has 0 aliphatic rings. The fraction of sp³-hybridized carbons (Fsp3) is 0.231. The van der Waals surface area contributed by atoms with Crippen LogP contribution in [0.2, 0.25) is 0 Å². The van der Waals surface area contributed by atoms with Crippen LogP contribution in [0.4, 0.5) is 5.69 Å². The third-order valence-corrected chi connectivity index (χ3v) is 2.72. The first-order chi connectivity index (χ1) is 8.22. The number of nitrogens with zero attached hydrogens (tertiary/aromatic N) is 3. The maximum atomic E-state index is 9.22. The van der Waals surface area contributed by atoms with Crippen molar-refractivity contribution in [3.05, 3.63) is 48.0 Å². The minimum Gasteiger partial charge on any atom is -0.365 e. The number of imidazole rings is 1. The number of benzene rings is 1. The molecule has 1 N–H and O–H groups in total. The van der Waals surface area contributed by atoms with Gasteiger partial charge in [0.2, 0.25) is 0 Å². The number of aryl methyl sites for hydroxylation is 2. The summed E-state index contributed by atoms with van der Waals surface area (Å²) in [5, 5.41) is 12.4. The van der Waals surface area contributed by atoms with Gasteiger partial charge in [0.25, 0.3) is 0 Å². The number of para-hydroxylation sites is 1. The summed E-state index contributed by atoms with van der Waals surface area (Å²) in [6.45, 7) is 2.01. The van der Waals surface area contributed by atoms with Gasteiger partial charge in [-0.25, -0.2) is 4.98 Å². The molecule has 0 bridgehead atoms. The van der Waals surface area contributed by atoms with E-state index >= 15 is 0 Å². The van der Waals surface area contributed by atoms with Crippen LogP contribution in [0.3, 0.4) is 0 Å². The molecule has 4 heteroatoms. The van der Waals surface area contributed by atoms with Crippen LogP contribution in [0.5, 0.6) is 0 Å². The second-order valence-electron chi connectivity index (χ2n) is 3.95. The van der Waals surface area contributed by atoms with Gasteiger partial charge in [-0.05, 0) is 18.6 Å². The molecule has 1 aromatic carbocycles. The average Bonchev–Trinajstić information content (AvgIpc) is 2.75. The largest absolute Gasteiger partial charge is 0.365 e. The molecular formula is C13H14N4. The monoisotopic (exact) mass is 226 g/mol. The number of hydrogen-bond donors (Lipinski definition) is 1. The highest BCUT2D eigenvalue weighted by Crippen LogP contribution is 2.21. The van der Waals surface area contributed by atoms with E-state index in [9.17, 15) is 5.26 Å². The van der Waals surface area contributed by atoms with Crippen LogP contribution >= 0.6 is 0 Å². The highest BCUT2D eigenvalue weighted by molar-refractivity contribution is 5.52. The van der Waals surface area contributed by atoms with E-state index < -0.39 is 0 Å². The Kier molecular flexibility index (Phi) is 3.10. The lowest BCUT2D eigenvalue weighted by Crippen LogP contribution is -2.12. The zero-order chi connectivity index (χ0) is 12.3. The molecule has 0 radical (unpaired) electrons. The van der Waals surface area contributed by atoms with Gasteiger partial charge >= 0.3 is 0 Å². The Labute approximate surface area is 101 Å². The molecule has 1 atom stereocenters. The summed E-state index contributed by atoms with van der Waals surface area (Å²) < 4.78 is 1.85. The van der Waals surface area contributed by atoms with Gasteiger partial charge in [0.15, 0.2) is 6.04 Å². The minimum atomic E-state index is -0.386. The summed E-state index contributed by atoms with van der Waals surface area (Å²) in [5.41, 5.74) is 2.95. The van der Waals surface area contributed by atoms with Gasteiger partial charge in [-0.15, -0.1) is 0 Å². The van der Waals surface area contributed by atoms with Gasteiger partial charge in [0.1, 0.15) is 0 Å².